The summed E-state index contributed by atoms with van der Waals surface area (Å²) in [4.78, 5) is 10.9. The van der Waals surface area contributed by atoms with Crippen LogP contribution in [0.3, 0.4) is 0 Å². The maximum atomic E-state index is 10.9. The summed E-state index contributed by atoms with van der Waals surface area (Å²) in [6, 6.07) is 0. The van der Waals surface area contributed by atoms with E-state index in [4.69, 9.17) is 0 Å². The van der Waals surface area contributed by atoms with Gasteiger partial charge in [0.2, 0.25) is 0 Å². The van der Waals surface area contributed by atoms with Crippen molar-refractivity contribution in [1.82, 2.24) is 5.32 Å². The van der Waals surface area contributed by atoms with Crippen molar-refractivity contribution in [2.24, 2.45) is 5.92 Å². The van der Waals surface area contributed by atoms with Crippen LogP contribution in [0.5, 0.6) is 0 Å². The zero-order valence-corrected chi connectivity index (χ0v) is 9.89. The molecule has 4 nitrogen and oxygen atoms in total. The number of nitrogens with one attached hydrogen (secondary N) is 1. The Balaban J connectivity index is 2.07. The number of carbonyl (C=O) groups is 1. The predicted octanol–water partition coefficient (Wildman–Crippen LogP) is 0.253. The first-order chi connectivity index (χ1) is 7.24. The van der Waals surface area contributed by atoms with E-state index in [2.05, 4.69) is 10.1 Å². The molecule has 0 aromatic rings. The van der Waals surface area contributed by atoms with E-state index < -0.39 is 12.1 Å². The highest BCUT2D eigenvalue weighted by molar-refractivity contribution is 7.99. The normalized spacial score (nSPS) is 19.9. The quantitative estimate of drug-likeness (QED) is 0.667. The lowest BCUT2D eigenvalue weighted by atomic mass is 10.0. The van der Waals surface area contributed by atoms with Crippen molar-refractivity contribution in [1.29, 1.82) is 0 Å². The smallest absolute Gasteiger partial charge is 0.336 e. The molecule has 1 unspecified atom stereocenters. The fourth-order valence-corrected chi connectivity index (χ4v) is 2.80. The molecule has 5 heteroatoms. The Morgan fingerprint density at radius 2 is 2.27 bits per heavy atom. The highest BCUT2D eigenvalue weighted by Crippen LogP contribution is 2.21. The van der Waals surface area contributed by atoms with Crippen LogP contribution in [0.25, 0.3) is 0 Å². The Bertz CT molecular complexity index is 195. The third kappa shape index (κ3) is 4.86. The Kier molecular flexibility index (Phi) is 6.05. The van der Waals surface area contributed by atoms with Crippen molar-refractivity contribution >= 4 is 17.7 Å². The molecule has 1 saturated heterocycles. The van der Waals surface area contributed by atoms with Gasteiger partial charge in [0.05, 0.1) is 7.11 Å². The van der Waals surface area contributed by atoms with E-state index in [0.717, 1.165) is 6.54 Å². The summed E-state index contributed by atoms with van der Waals surface area (Å²) in [6.07, 6.45) is 1.42. The molecule has 0 spiro atoms. The minimum Gasteiger partial charge on any atom is -0.467 e. The van der Waals surface area contributed by atoms with Crippen LogP contribution in [0, 0.1) is 5.92 Å². The zero-order valence-electron chi connectivity index (χ0n) is 9.07. The van der Waals surface area contributed by atoms with Crippen LogP contribution < -0.4 is 5.32 Å². The molecule has 0 amide bonds. The van der Waals surface area contributed by atoms with E-state index in [0.29, 0.717) is 5.92 Å². The Morgan fingerprint density at radius 3 is 2.87 bits per heavy atom. The van der Waals surface area contributed by atoms with E-state index in [1.54, 1.807) is 0 Å². The topological polar surface area (TPSA) is 58.6 Å². The molecule has 0 radical (unpaired) electrons. The minimum atomic E-state index is -1.03. The van der Waals surface area contributed by atoms with Gasteiger partial charge in [-0.25, -0.2) is 4.79 Å². The van der Waals surface area contributed by atoms with Crippen molar-refractivity contribution in [3.63, 3.8) is 0 Å². The predicted molar refractivity (Wildman–Crippen MR) is 60.9 cm³/mol. The molecule has 1 heterocycles. The molecular formula is C10H19NO3S. The van der Waals surface area contributed by atoms with Crippen LogP contribution in [0.2, 0.25) is 0 Å². The van der Waals surface area contributed by atoms with Gasteiger partial charge >= 0.3 is 5.97 Å². The van der Waals surface area contributed by atoms with Gasteiger partial charge in [-0.05, 0) is 36.8 Å². The number of methoxy groups -OCH3 is 1. The van der Waals surface area contributed by atoms with Gasteiger partial charge in [-0.3, -0.25) is 0 Å². The van der Waals surface area contributed by atoms with Gasteiger partial charge in [0.15, 0.2) is 6.10 Å². The van der Waals surface area contributed by atoms with Gasteiger partial charge < -0.3 is 15.2 Å². The van der Waals surface area contributed by atoms with Crippen LogP contribution in [-0.2, 0) is 9.53 Å². The molecule has 88 valence electrons. The molecule has 0 bridgehead atoms. The first-order valence-electron chi connectivity index (χ1n) is 5.28. The second-order valence-corrected chi connectivity index (χ2v) is 4.98. The molecule has 0 saturated carbocycles. The minimum absolute atomic E-state index is 0.288. The number of carbonyl (C=O) groups excluding carboxylic acids is 1. The first-order valence-corrected chi connectivity index (χ1v) is 6.44. The van der Waals surface area contributed by atoms with Gasteiger partial charge in [-0.1, -0.05) is 0 Å². The van der Waals surface area contributed by atoms with Crippen molar-refractivity contribution in [3.8, 4) is 0 Å². The molecule has 1 fully saturated rings. The molecular weight excluding hydrogens is 214 g/mol. The molecule has 0 aliphatic carbocycles. The Morgan fingerprint density at radius 1 is 1.60 bits per heavy atom. The van der Waals surface area contributed by atoms with E-state index in [1.807, 2.05) is 11.8 Å². The van der Waals surface area contributed by atoms with Gasteiger partial charge in [-0.2, -0.15) is 11.8 Å². The van der Waals surface area contributed by atoms with Crippen LogP contribution in [0.1, 0.15) is 12.8 Å². The summed E-state index contributed by atoms with van der Waals surface area (Å²) in [5.74, 6) is 2.58. The third-order valence-corrected chi connectivity index (χ3v) is 3.63. The molecule has 0 aromatic heterocycles. The second-order valence-electron chi connectivity index (χ2n) is 3.75. The average Bonchev–Trinajstić information content (AvgIpc) is 2.29. The number of hydrogen-bond donors (Lipinski definition) is 2. The van der Waals surface area contributed by atoms with Gasteiger partial charge in [0.1, 0.15) is 0 Å². The molecule has 0 aromatic carbocycles. The van der Waals surface area contributed by atoms with Crippen LogP contribution >= 0.6 is 11.8 Å². The van der Waals surface area contributed by atoms with Crippen molar-refractivity contribution in [3.05, 3.63) is 0 Å². The fourth-order valence-electron chi connectivity index (χ4n) is 1.59. The Labute approximate surface area is 94.8 Å². The monoisotopic (exact) mass is 233 g/mol. The van der Waals surface area contributed by atoms with Crippen LogP contribution in [-0.4, -0.2) is 48.9 Å². The van der Waals surface area contributed by atoms with E-state index >= 15 is 0 Å². The molecule has 15 heavy (non-hydrogen) atoms. The lowest BCUT2D eigenvalue weighted by Gasteiger charge is -2.22. The van der Waals surface area contributed by atoms with Gasteiger partial charge in [0.25, 0.3) is 0 Å². The van der Waals surface area contributed by atoms with Gasteiger partial charge in [0, 0.05) is 6.54 Å². The highest BCUT2D eigenvalue weighted by Gasteiger charge is 2.17. The average molecular weight is 233 g/mol. The van der Waals surface area contributed by atoms with E-state index in [9.17, 15) is 9.90 Å². The number of hydrogen-bond acceptors (Lipinski definition) is 5. The SMILES string of the molecule is COC(=O)C(O)CNCC1CCSCC1. The summed E-state index contributed by atoms with van der Waals surface area (Å²) in [6.45, 7) is 1.17. The largest absolute Gasteiger partial charge is 0.467 e. The van der Waals surface area contributed by atoms with Crippen LogP contribution in [0.15, 0.2) is 0 Å². The van der Waals surface area contributed by atoms with Crippen molar-refractivity contribution in [2.45, 2.75) is 18.9 Å². The second kappa shape index (κ2) is 7.09. The summed E-state index contributed by atoms with van der Waals surface area (Å²) in [5.41, 5.74) is 0. The first kappa shape index (κ1) is 12.8. The lowest BCUT2D eigenvalue weighted by Crippen LogP contribution is -2.36. The van der Waals surface area contributed by atoms with E-state index in [-0.39, 0.29) is 6.54 Å². The maximum absolute atomic E-state index is 10.9. The number of aliphatic hydroxyl groups is 1. The zero-order chi connectivity index (χ0) is 11.1. The molecule has 2 N–H and O–H groups in total. The number of ether oxygens (including phenoxy) is 1. The number of thioether (sulfide) groups is 1. The standard InChI is InChI=1S/C10H19NO3S/c1-14-10(13)9(12)7-11-6-8-2-4-15-5-3-8/h8-9,11-12H,2-7H2,1H3. The summed E-state index contributed by atoms with van der Waals surface area (Å²) < 4.78 is 4.42. The third-order valence-electron chi connectivity index (χ3n) is 2.58. The lowest BCUT2D eigenvalue weighted by molar-refractivity contribution is -0.150. The number of esters is 1. The summed E-state index contributed by atoms with van der Waals surface area (Å²) in [7, 11) is 1.28. The molecule has 1 aliphatic rings. The van der Waals surface area contributed by atoms with E-state index in [1.165, 1.54) is 31.5 Å². The molecule has 1 atom stereocenters. The molecule has 1 aliphatic heterocycles. The molecule has 1 rings (SSSR count). The summed E-state index contributed by atoms with van der Waals surface area (Å²) in [5, 5.41) is 12.4. The van der Waals surface area contributed by atoms with Gasteiger partial charge in [-0.15, -0.1) is 0 Å². The van der Waals surface area contributed by atoms with Crippen LogP contribution in [0.4, 0.5) is 0 Å². The Hall–Kier alpha value is -0.260. The number of aliphatic hydroxyl groups excluding tert-OH is 1. The van der Waals surface area contributed by atoms with Crippen molar-refractivity contribution in [2.75, 3.05) is 31.7 Å². The highest BCUT2D eigenvalue weighted by atomic mass is 32.2. The summed E-state index contributed by atoms with van der Waals surface area (Å²) >= 11 is 2.00. The maximum Gasteiger partial charge on any atom is 0.336 e. The fraction of sp³-hybridized carbons (Fsp3) is 0.900. The van der Waals surface area contributed by atoms with Crippen molar-refractivity contribution < 1.29 is 14.6 Å². The number of rotatable bonds is 5.